The largest absolute Gasteiger partial charge is 0.491 e. The molecule has 1 N–H and O–H groups in total. The average Bonchev–Trinajstić information content (AvgIpc) is 2.52. The zero-order valence-electron chi connectivity index (χ0n) is 16.2. The predicted molar refractivity (Wildman–Crippen MR) is 101 cm³/mol. The quantitative estimate of drug-likeness (QED) is 0.849. The van der Waals surface area contributed by atoms with E-state index in [1.165, 1.54) is 0 Å². The molecule has 5 nitrogen and oxygen atoms in total. The van der Waals surface area contributed by atoms with Crippen molar-refractivity contribution in [2.24, 2.45) is 5.92 Å². The second-order valence-corrected chi connectivity index (χ2v) is 8.11. The predicted octanol–water partition coefficient (Wildman–Crippen LogP) is 4.53. The van der Waals surface area contributed by atoms with Crippen LogP contribution >= 0.6 is 0 Å². The summed E-state index contributed by atoms with van der Waals surface area (Å²) in [6.45, 7) is 12.0. The molecule has 1 aromatic rings. The van der Waals surface area contributed by atoms with Gasteiger partial charge in [-0.25, -0.2) is 4.79 Å². The maximum Gasteiger partial charge on any atom is 0.410 e. The van der Waals surface area contributed by atoms with Crippen LogP contribution in [0.25, 0.3) is 0 Å². The number of piperidine rings is 1. The Morgan fingerprint density at radius 3 is 2.72 bits per heavy atom. The Morgan fingerprint density at radius 2 is 2.04 bits per heavy atom. The molecule has 140 valence electrons. The van der Waals surface area contributed by atoms with Gasteiger partial charge in [0, 0.05) is 19.1 Å². The summed E-state index contributed by atoms with van der Waals surface area (Å²) in [4.78, 5) is 14.1. The highest BCUT2D eigenvalue weighted by Crippen LogP contribution is 2.27. The van der Waals surface area contributed by atoms with E-state index in [1.807, 2.05) is 45.0 Å². The summed E-state index contributed by atoms with van der Waals surface area (Å²) in [6.07, 6.45) is 1.76. The zero-order chi connectivity index (χ0) is 18.4. The SMILES string of the molecule is CC(C)COc1ccccc1NC1CCCN(C(=O)OC(C)(C)C)C1. The van der Waals surface area contributed by atoms with Gasteiger partial charge in [0.25, 0.3) is 0 Å². The van der Waals surface area contributed by atoms with Crippen LogP contribution in [0, 0.1) is 5.92 Å². The molecular weight excluding hydrogens is 316 g/mol. The number of ether oxygens (including phenoxy) is 2. The molecule has 0 radical (unpaired) electrons. The van der Waals surface area contributed by atoms with Crippen molar-refractivity contribution in [3.8, 4) is 5.75 Å². The van der Waals surface area contributed by atoms with Gasteiger partial charge in [-0.15, -0.1) is 0 Å². The van der Waals surface area contributed by atoms with E-state index in [4.69, 9.17) is 9.47 Å². The molecule has 0 saturated carbocycles. The van der Waals surface area contributed by atoms with Crippen LogP contribution in [0.2, 0.25) is 0 Å². The standard InChI is InChI=1S/C20H32N2O3/c1-15(2)14-24-18-11-7-6-10-17(18)21-16-9-8-12-22(13-16)19(23)25-20(3,4)5/h6-7,10-11,15-16,21H,8-9,12-14H2,1-5H3. The maximum atomic E-state index is 12.3. The first-order chi connectivity index (χ1) is 11.7. The van der Waals surface area contributed by atoms with Crippen molar-refractivity contribution in [3.05, 3.63) is 24.3 Å². The van der Waals surface area contributed by atoms with E-state index >= 15 is 0 Å². The second-order valence-electron chi connectivity index (χ2n) is 8.11. The van der Waals surface area contributed by atoms with Gasteiger partial charge in [-0.2, -0.15) is 0 Å². The maximum absolute atomic E-state index is 12.3. The lowest BCUT2D eigenvalue weighted by Crippen LogP contribution is -2.47. The number of nitrogens with one attached hydrogen (secondary N) is 1. The van der Waals surface area contributed by atoms with Crippen molar-refractivity contribution in [1.29, 1.82) is 0 Å². The fourth-order valence-corrected chi connectivity index (χ4v) is 2.78. The van der Waals surface area contributed by atoms with Gasteiger partial charge in [0.2, 0.25) is 0 Å². The van der Waals surface area contributed by atoms with Gasteiger partial charge in [-0.05, 0) is 51.7 Å². The molecule has 1 amide bonds. The monoisotopic (exact) mass is 348 g/mol. The number of anilines is 1. The number of carbonyl (C=O) groups is 1. The van der Waals surface area contributed by atoms with E-state index in [9.17, 15) is 4.79 Å². The van der Waals surface area contributed by atoms with Crippen molar-refractivity contribution < 1.29 is 14.3 Å². The summed E-state index contributed by atoms with van der Waals surface area (Å²) in [5.41, 5.74) is 0.522. The Kier molecular flexibility index (Phi) is 6.57. The molecule has 1 unspecified atom stereocenters. The van der Waals surface area contributed by atoms with Crippen molar-refractivity contribution in [1.82, 2.24) is 4.90 Å². The van der Waals surface area contributed by atoms with E-state index in [0.717, 1.165) is 30.8 Å². The molecule has 0 bridgehead atoms. The van der Waals surface area contributed by atoms with Crippen LogP contribution in [0.15, 0.2) is 24.3 Å². The Bertz CT molecular complexity index is 566. The normalized spacial score (nSPS) is 18.2. The fourth-order valence-electron chi connectivity index (χ4n) is 2.78. The number of nitrogens with zero attached hydrogens (tertiary/aromatic N) is 1. The lowest BCUT2D eigenvalue weighted by Gasteiger charge is -2.35. The Balaban J connectivity index is 1.97. The lowest BCUT2D eigenvalue weighted by molar-refractivity contribution is 0.0206. The molecule has 1 fully saturated rings. The van der Waals surface area contributed by atoms with Gasteiger partial charge in [0.1, 0.15) is 11.4 Å². The van der Waals surface area contributed by atoms with Crippen LogP contribution in [0.5, 0.6) is 5.75 Å². The first-order valence-corrected chi connectivity index (χ1v) is 9.21. The number of para-hydroxylation sites is 2. The molecule has 0 spiro atoms. The van der Waals surface area contributed by atoms with E-state index < -0.39 is 5.60 Å². The van der Waals surface area contributed by atoms with Crippen LogP contribution in [-0.2, 0) is 4.74 Å². The van der Waals surface area contributed by atoms with Gasteiger partial charge in [-0.1, -0.05) is 26.0 Å². The molecule has 1 heterocycles. The smallest absolute Gasteiger partial charge is 0.410 e. The Labute approximate surface area is 151 Å². The molecule has 0 aliphatic carbocycles. The number of amides is 1. The van der Waals surface area contributed by atoms with E-state index in [2.05, 4.69) is 19.2 Å². The van der Waals surface area contributed by atoms with Gasteiger partial charge < -0.3 is 19.7 Å². The van der Waals surface area contributed by atoms with E-state index in [-0.39, 0.29) is 12.1 Å². The van der Waals surface area contributed by atoms with E-state index in [1.54, 1.807) is 4.90 Å². The van der Waals surface area contributed by atoms with Crippen LogP contribution in [0.1, 0.15) is 47.5 Å². The highest BCUT2D eigenvalue weighted by atomic mass is 16.6. The summed E-state index contributed by atoms with van der Waals surface area (Å²) < 4.78 is 11.4. The third-order valence-electron chi connectivity index (χ3n) is 3.89. The molecule has 1 aliphatic heterocycles. The Hall–Kier alpha value is -1.91. The lowest BCUT2D eigenvalue weighted by atomic mass is 10.1. The van der Waals surface area contributed by atoms with Crippen LogP contribution in [0.4, 0.5) is 10.5 Å². The minimum absolute atomic E-state index is 0.199. The Morgan fingerprint density at radius 1 is 1.32 bits per heavy atom. The molecule has 1 aliphatic rings. The minimum Gasteiger partial charge on any atom is -0.491 e. The van der Waals surface area contributed by atoms with Gasteiger partial charge >= 0.3 is 6.09 Å². The number of benzene rings is 1. The summed E-state index contributed by atoms with van der Waals surface area (Å²) in [6, 6.07) is 8.19. The summed E-state index contributed by atoms with van der Waals surface area (Å²) in [5.74, 6) is 1.34. The third-order valence-corrected chi connectivity index (χ3v) is 3.89. The highest BCUT2D eigenvalue weighted by molar-refractivity contribution is 5.68. The first kappa shape index (κ1) is 19.4. The van der Waals surface area contributed by atoms with Crippen LogP contribution in [0.3, 0.4) is 0 Å². The summed E-state index contributed by atoms with van der Waals surface area (Å²) in [5, 5.41) is 3.55. The minimum atomic E-state index is -0.464. The molecule has 1 atom stereocenters. The van der Waals surface area contributed by atoms with Crippen molar-refractivity contribution in [3.63, 3.8) is 0 Å². The number of rotatable bonds is 5. The van der Waals surface area contributed by atoms with E-state index in [0.29, 0.717) is 19.1 Å². The van der Waals surface area contributed by atoms with Crippen molar-refractivity contribution >= 4 is 11.8 Å². The fraction of sp³-hybridized carbons (Fsp3) is 0.650. The topological polar surface area (TPSA) is 50.8 Å². The van der Waals surface area contributed by atoms with Gasteiger partial charge in [0.15, 0.2) is 0 Å². The second kappa shape index (κ2) is 8.45. The van der Waals surface area contributed by atoms with Crippen LogP contribution < -0.4 is 10.1 Å². The number of carbonyl (C=O) groups excluding carboxylic acids is 1. The number of hydrogen-bond donors (Lipinski definition) is 1. The van der Waals surface area contributed by atoms with Gasteiger partial charge in [-0.3, -0.25) is 0 Å². The average molecular weight is 348 g/mol. The third kappa shape index (κ3) is 6.48. The zero-order valence-corrected chi connectivity index (χ0v) is 16.2. The molecule has 1 saturated heterocycles. The number of hydrogen-bond acceptors (Lipinski definition) is 4. The molecule has 2 rings (SSSR count). The highest BCUT2D eigenvalue weighted by Gasteiger charge is 2.27. The number of likely N-dealkylation sites (tertiary alicyclic amines) is 1. The summed E-state index contributed by atoms with van der Waals surface area (Å²) in [7, 11) is 0. The summed E-state index contributed by atoms with van der Waals surface area (Å²) >= 11 is 0. The van der Waals surface area contributed by atoms with Crippen LogP contribution in [-0.4, -0.2) is 42.3 Å². The van der Waals surface area contributed by atoms with Gasteiger partial charge in [0.05, 0.1) is 12.3 Å². The molecule has 5 heteroatoms. The van der Waals surface area contributed by atoms with Crippen molar-refractivity contribution in [2.75, 3.05) is 25.0 Å². The molecular formula is C20H32N2O3. The van der Waals surface area contributed by atoms with Crippen molar-refractivity contribution in [2.45, 2.75) is 59.1 Å². The molecule has 1 aromatic carbocycles. The molecule has 25 heavy (non-hydrogen) atoms. The molecule has 0 aromatic heterocycles. The first-order valence-electron chi connectivity index (χ1n) is 9.21.